The molecule has 50 valence electrons. The summed E-state index contributed by atoms with van der Waals surface area (Å²) in [6.45, 7) is 3.68. The van der Waals surface area contributed by atoms with Crippen molar-refractivity contribution in [2.45, 2.75) is 13.0 Å². The van der Waals surface area contributed by atoms with Crippen molar-refractivity contribution in [2.24, 2.45) is 5.73 Å². The van der Waals surface area contributed by atoms with E-state index in [1.165, 1.54) is 0 Å². The van der Waals surface area contributed by atoms with Crippen LogP contribution < -0.4 is 11.1 Å². The van der Waals surface area contributed by atoms with Gasteiger partial charge in [0.25, 0.3) is 0 Å². The highest BCUT2D eigenvalue weighted by Gasteiger charge is 1.95. The Morgan fingerprint density at radius 1 is 1.75 bits per heavy atom. The van der Waals surface area contributed by atoms with Crippen LogP contribution in [-0.2, 0) is 0 Å². The zero-order valence-corrected chi connectivity index (χ0v) is 5.22. The van der Waals surface area contributed by atoms with Gasteiger partial charge in [0.05, 0.1) is 6.61 Å². The normalized spacial score (nSPS) is 13.9. The maximum absolute atomic E-state index is 8.40. The summed E-state index contributed by atoms with van der Waals surface area (Å²) in [4.78, 5) is 0. The highest BCUT2D eigenvalue weighted by atomic mass is 16.3. The molecule has 4 N–H and O–H groups in total. The average Bonchev–Trinajstić information content (AvgIpc) is 1.83. The van der Waals surface area contributed by atoms with Gasteiger partial charge in [0.1, 0.15) is 0 Å². The van der Waals surface area contributed by atoms with Crippen molar-refractivity contribution in [2.75, 3.05) is 19.7 Å². The Kier molecular flexibility index (Phi) is 4.95. The van der Waals surface area contributed by atoms with Crippen LogP contribution in [0.2, 0.25) is 0 Å². The predicted molar refractivity (Wildman–Crippen MR) is 33.6 cm³/mol. The molecular weight excluding hydrogens is 104 g/mol. The molecule has 0 radical (unpaired) electrons. The van der Waals surface area contributed by atoms with E-state index in [0.29, 0.717) is 6.54 Å². The first-order valence-corrected chi connectivity index (χ1v) is 2.88. The third kappa shape index (κ3) is 4.05. The number of hydrogen-bond donors (Lipinski definition) is 3. The van der Waals surface area contributed by atoms with Crippen molar-refractivity contribution in [3.05, 3.63) is 0 Å². The van der Waals surface area contributed by atoms with Gasteiger partial charge in [0, 0.05) is 12.6 Å². The molecule has 3 nitrogen and oxygen atoms in total. The van der Waals surface area contributed by atoms with Gasteiger partial charge in [-0.05, 0) is 6.54 Å². The Balaban J connectivity index is 2.86. The first-order chi connectivity index (χ1) is 3.81. The lowest BCUT2D eigenvalue weighted by Gasteiger charge is -2.06. The minimum Gasteiger partial charge on any atom is -0.395 e. The van der Waals surface area contributed by atoms with Gasteiger partial charge >= 0.3 is 0 Å². The third-order valence-electron chi connectivity index (χ3n) is 0.891. The maximum atomic E-state index is 8.40. The average molecular weight is 118 g/mol. The molecule has 0 amide bonds. The third-order valence-corrected chi connectivity index (χ3v) is 0.891. The van der Waals surface area contributed by atoms with Crippen molar-refractivity contribution in [1.29, 1.82) is 0 Å². The van der Waals surface area contributed by atoms with Crippen molar-refractivity contribution in [3.63, 3.8) is 0 Å². The van der Waals surface area contributed by atoms with E-state index in [0.717, 1.165) is 6.54 Å². The first kappa shape index (κ1) is 7.88. The molecule has 0 spiro atoms. The SMILES string of the molecule is CCNC[C@H](N)CO. The number of likely N-dealkylation sites (N-methyl/N-ethyl adjacent to an activating group) is 1. The van der Waals surface area contributed by atoms with Crippen LogP contribution in [0.25, 0.3) is 0 Å². The molecule has 0 heterocycles. The highest BCUT2D eigenvalue weighted by Crippen LogP contribution is 1.69. The van der Waals surface area contributed by atoms with E-state index in [-0.39, 0.29) is 12.6 Å². The summed E-state index contributed by atoms with van der Waals surface area (Å²) in [5.41, 5.74) is 5.35. The Morgan fingerprint density at radius 2 is 2.38 bits per heavy atom. The summed E-state index contributed by atoms with van der Waals surface area (Å²) in [5.74, 6) is 0. The largest absolute Gasteiger partial charge is 0.395 e. The summed E-state index contributed by atoms with van der Waals surface area (Å²) in [6.07, 6.45) is 0. The molecule has 0 aromatic rings. The Morgan fingerprint density at radius 3 is 2.75 bits per heavy atom. The molecule has 3 heteroatoms. The Bertz CT molecular complexity index is 49.7. The number of aliphatic hydroxyl groups excluding tert-OH is 1. The Labute approximate surface area is 49.9 Å². The first-order valence-electron chi connectivity index (χ1n) is 2.88. The number of aliphatic hydroxyl groups is 1. The molecular formula is C5H14N2O. The summed E-state index contributed by atoms with van der Waals surface area (Å²) in [5, 5.41) is 11.4. The van der Waals surface area contributed by atoms with Crippen molar-refractivity contribution < 1.29 is 5.11 Å². The van der Waals surface area contributed by atoms with E-state index in [9.17, 15) is 0 Å². The summed E-state index contributed by atoms with van der Waals surface area (Å²) < 4.78 is 0. The second-order valence-corrected chi connectivity index (χ2v) is 1.75. The molecule has 0 fully saturated rings. The Hall–Kier alpha value is -0.120. The van der Waals surface area contributed by atoms with Gasteiger partial charge in [-0.15, -0.1) is 0 Å². The van der Waals surface area contributed by atoms with Gasteiger partial charge < -0.3 is 16.2 Å². The predicted octanol–water partition coefficient (Wildman–Crippen LogP) is -1.08. The molecule has 0 rings (SSSR count). The lowest BCUT2D eigenvalue weighted by molar-refractivity contribution is 0.263. The molecule has 0 aliphatic carbocycles. The van der Waals surface area contributed by atoms with Gasteiger partial charge in [0.2, 0.25) is 0 Å². The van der Waals surface area contributed by atoms with Crippen molar-refractivity contribution >= 4 is 0 Å². The zero-order chi connectivity index (χ0) is 6.41. The van der Waals surface area contributed by atoms with Crippen LogP contribution in [0.4, 0.5) is 0 Å². The zero-order valence-electron chi connectivity index (χ0n) is 5.22. The maximum Gasteiger partial charge on any atom is 0.0594 e. The molecule has 0 aromatic heterocycles. The molecule has 0 aliphatic rings. The molecule has 0 saturated carbocycles. The lowest BCUT2D eigenvalue weighted by Crippen LogP contribution is -2.36. The molecule has 0 bridgehead atoms. The quantitative estimate of drug-likeness (QED) is 0.440. The van der Waals surface area contributed by atoms with Crippen LogP contribution >= 0.6 is 0 Å². The van der Waals surface area contributed by atoms with Crippen LogP contribution in [0, 0.1) is 0 Å². The van der Waals surface area contributed by atoms with E-state index < -0.39 is 0 Å². The van der Waals surface area contributed by atoms with Crippen LogP contribution in [0.3, 0.4) is 0 Å². The van der Waals surface area contributed by atoms with Gasteiger partial charge in [-0.1, -0.05) is 6.92 Å². The van der Waals surface area contributed by atoms with E-state index in [1.807, 2.05) is 6.92 Å². The number of nitrogens with two attached hydrogens (primary N) is 1. The summed E-state index contributed by atoms with van der Waals surface area (Å²) in [6, 6.07) is -0.102. The topological polar surface area (TPSA) is 58.3 Å². The van der Waals surface area contributed by atoms with Gasteiger partial charge in [-0.25, -0.2) is 0 Å². The van der Waals surface area contributed by atoms with Crippen LogP contribution in [-0.4, -0.2) is 30.8 Å². The van der Waals surface area contributed by atoms with Crippen molar-refractivity contribution in [1.82, 2.24) is 5.32 Å². The summed E-state index contributed by atoms with van der Waals surface area (Å²) in [7, 11) is 0. The molecule has 0 unspecified atom stereocenters. The smallest absolute Gasteiger partial charge is 0.0594 e. The minimum absolute atomic E-state index is 0.0625. The van der Waals surface area contributed by atoms with Crippen LogP contribution in [0.5, 0.6) is 0 Å². The highest BCUT2D eigenvalue weighted by molar-refractivity contribution is 4.60. The minimum atomic E-state index is -0.102. The van der Waals surface area contributed by atoms with E-state index in [4.69, 9.17) is 10.8 Å². The molecule has 0 aliphatic heterocycles. The number of rotatable bonds is 4. The molecule has 1 atom stereocenters. The van der Waals surface area contributed by atoms with E-state index in [1.54, 1.807) is 0 Å². The van der Waals surface area contributed by atoms with E-state index >= 15 is 0 Å². The fourth-order valence-corrected chi connectivity index (χ4v) is 0.394. The molecule has 0 saturated heterocycles. The standard InChI is InChI=1S/C5H14N2O/c1-2-7-3-5(6)4-8/h5,7-8H,2-4,6H2,1H3/t5-/m0/s1. The van der Waals surface area contributed by atoms with Crippen molar-refractivity contribution in [3.8, 4) is 0 Å². The molecule has 0 aromatic carbocycles. The van der Waals surface area contributed by atoms with Gasteiger partial charge in [0.15, 0.2) is 0 Å². The number of hydrogen-bond acceptors (Lipinski definition) is 3. The fourth-order valence-electron chi connectivity index (χ4n) is 0.394. The van der Waals surface area contributed by atoms with Gasteiger partial charge in [-0.2, -0.15) is 0 Å². The van der Waals surface area contributed by atoms with Crippen LogP contribution in [0.1, 0.15) is 6.92 Å². The van der Waals surface area contributed by atoms with E-state index in [2.05, 4.69) is 5.32 Å². The van der Waals surface area contributed by atoms with Crippen LogP contribution in [0.15, 0.2) is 0 Å². The monoisotopic (exact) mass is 118 g/mol. The fraction of sp³-hybridized carbons (Fsp3) is 1.00. The lowest BCUT2D eigenvalue weighted by atomic mass is 10.3. The number of nitrogens with one attached hydrogen (secondary N) is 1. The second kappa shape index (κ2) is 5.03. The summed E-state index contributed by atoms with van der Waals surface area (Å²) >= 11 is 0. The molecule has 8 heavy (non-hydrogen) atoms. The second-order valence-electron chi connectivity index (χ2n) is 1.75. The van der Waals surface area contributed by atoms with Gasteiger partial charge in [-0.3, -0.25) is 0 Å².